The molecule has 1 saturated carbocycles. The molecule has 0 N–H and O–H groups in total. The Labute approximate surface area is 115 Å². The molecule has 0 saturated heterocycles. The number of rotatable bonds is 3. The monoisotopic (exact) mass is 267 g/mol. The lowest BCUT2D eigenvalue weighted by atomic mass is 9.89. The first kappa shape index (κ1) is 13.7. The summed E-state index contributed by atoms with van der Waals surface area (Å²) in [5.74, 6) is 2.06. The molecule has 0 bridgehead atoms. The fraction of sp³-hybridized carbons (Fsp3) is 0.667. The summed E-state index contributed by atoms with van der Waals surface area (Å²) >= 11 is 6.01. The first-order valence-electron chi connectivity index (χ1n) is 6.80. The Morgan fingerprint density at radius 2 is 1.94 bits per heavy atom. The normalized spacial score (nSPS) is 24.0. The van der Waals surface area contributed by atoms with E-state index < -0.39 is 0 Å². The van der Waals surface area contributed by atoms with Gasteiger partial charge in [0.2, 0.25) is 5.88 Å². The molecule has 1 aromatic rings. The van der Waals surface area contributed by atoms with Crippen LogP contribution in [0.4, 0.5) is 0 Å². The molecule has 3 heteroatoms. The number of alkyl halides is 1. The van der Waals surface area contributed by atoms with Gasteiger partial charge in [0.1, 0.15) is 6.10 Å². The average Bonchev–Trinajstić information content (AvgIpc) is 2.32. The average molecular weight is 268 g/mol. The molecule has 0 spiro atoms. The first-order chi connectivity index (χ1) is 8.60. The van der Waals surface area contributed by atoms with Gasteiger partial charge in [-0.25, -0.2) is 4.98 Å². The second-order valence-corrected chi connectivity index (χ2v) is 5.76. The molecule has 1 aromatic heterocycles. The van der Waals surface area contributed by atoms with E-state index in [1.54, 1.807) is 0 Å². The van der Waals surface area contributed by atoms with Gasteiger partial charge in [0.25, 0.3) is 0 Å². The van der Waals surface area contributed by atoms with Crippen molar-refractivity contribution in [1.82, 2.24) is 4.98 Å². The quantitative estimate of drug-likeness (QED) is 0.758. The van der Waals surface area contributed by atoms with Crippen LogP contribution in [0.15, 0.2) is 6.07 Å². The lowest BCUT2D eigenvalue weighted by molar-refractivity contribution is 0.129. The highest BCUT2D eigenvalue weighted by atomic mass is 35.5. The second kappa shape index (κ2) is 5.92. The van der Waals surface area contributed by atoms with E-state index in [9.17, 15) is 0 Å². The maximum Gasteiger partial charge on any atom is 0.218 e. The summed E-state index contributed by atoms with van der Waals surface area (Å²) in [6.07, 6.45) is 5.10. The number of ether oxygens (including phenoxy) is 1. The highest BCUT2D eigenvalue weighted by Crippen LogP contribution is 2.29. The van der Waals surface area contributed by atoms with Crippen LogP contribution < -0.4 is 4.74 Å². The molecule has 0 aromatic carbocycles. The Kier molecular flexibility index (Phi) is 4.50. The number of pyridine rings is 1. The summed E-state index contributed by atoms with van der Waals surface area (Å²) < 4.78 is 6.09. The van der Waals surface area contributed by atoms with E-state index in [2.05, 4.69) is 24.9 Å². The molecule has 0 aliphatic heterocycles. The van der Waals surface area contributed by atoms with Gasteiger partial charge in [-0.3, -0.25) is 0 Å². The fourth-order valence-corrected chi connectivity index (χ4v) is 2.92. The maximum absolute atomic E-state index is 6.09. The lowest BCUT2D eigenvalue weighted by Gasteiger charge is -2.27. The van der Waals surface area contributed by atoms with Crippen LogP contribution in [0.5, 0.6) is 5.88 Å². The predicted octanol–water partition coefficient (Wildman–Crippen LogP) is 4.39. The topological polar surface area (TPSA) is 22.1 Å². The smallest absolute Gasteiger partial charge is 0.218 e. The highest BCUT2D eigenvalue weighted by Gasteiger charge is 2.21. The second-order valence-electron chi connectivity index (χ2n) is 5.50. The van der Waals surface area contributed by atoms with Crippen LogP contribution in [0.1, 0.15) is 49.4 Å². The molecule has 0 radical (unpaired) electrons. The van der Waals surface area contributed by atoms with Crippen LogP contribution in [0, 0.1) is 19.8 Å². The number of halogens is 1. The molecule has 1 aliphatic carbocycles. The first-order valence-corrected chi connectivity index (χ1v) is 7.33. The van der Waals surface area contributed by atoms with Crippen LogP contribution in [0.2, 0.25) is 0 Å². The third kappa shape index (κ3) is 3.17. The van der Waals surface area contributed by atoms with Crippen molar-refractivity contribution in [3.05, 3.63) is 22.9 Å². The van der Waals surface area contributed by atoms with Crippen molar-refractivity contribution in [3.63, 3.8) is 0 Å². The van der Waals surface area contributed by atoms with Crippen LogP contribution in [-0.4, -0.2) is 11.1 Å². The van der Waals surface area contributed by atoms with Crippen LogP contribution in [0.3, 0.4) is 0 Å². The van der Waals surface area contributed by atoms with E-state index in [4.69, 9.17) is 16.3 Å². The molecule has 100 valence electrons. The molecule has 18 heavy (non-hydrogen) atoms. The van der Waals surface area contributed by atoms with Gasteiger partial charge in [0, 0.05) is 11.3 Å². The van der Waals surface area contributed by atoms with Crippen LogP contribution >= 0.6 is 11.6 Å². The minimum absolute atomic E-state index is 0.317. The van der Waals surface area contributed by atoms with Crippen molar-refractivity contribution in [1.29, 1.82) is 0 Å². The van der Waals surface area contributed by atoms with Gasteiger partial charge in [-0.15, -0.1) is 11.6 Å². The van der Waals surface area contributed by atoms with E-state index in [0.717, 1.165) is 35.9 Å². The zero-order valence-corrected chi connectivity index (χ0v) is 12.3. The number of aryl methyl sites for hydroxylation is 2. The molecular weight excluding hydrogens is 246 g/mol. The van der Waals surface area contributed by atoms with Crippen molar-refractivity contribution in [3.8, 4) is 5.88 Å². The molecule has 0 amide bonds. The summed E-state index contributed by atoms with van der Waals surface area (Å²) in [6, 6.07) is 2.06. The molecule has 1 aliphatic rings. The van der Waals surface area contributed by atoms with Gasteiger partial charge >= 0.3 is 0 Å². The van der Waals surface area contributed by atoms with Crippen molar-refractivity contribution < 1.29 is 4.74 Å². The van der Waals surface area contributed by atoms with Crippen LogP contribution in [0.25, 0.3) is 0 Å². The van der Waals surface area contributed by atoms with Crippen LogP contribution in [-0.2, 0) is 5.88 Å². The Morgan fingerprint density at radius 1 is 1.28 bits per heavy atom. The molecule has 1 fully saturated rings. The van der Waals surface area contributed by atoms with Gasteiger partial charge in [-0.2, -0.15) is 0 Å². The van der Waals surface area contributed by atoms with Gasteiger partial charge in [0.15, 0.2) is 0 Å². The largest absolute Gasteiger partial charge is 0.474 e. The number of hydrogen-bond acceptors (Lipinski definition) is 2. The fourth-order valence-electron chi connectivity index (χ4n) is 2.59. The third-order valence-corrected chi connectivity index (χ3v) is 4.08. The molecule has 0 unspecified atom stereocenters. The maximum atomic E-state index is 6.09. The van der Waals surface area contributed by atoms with E-state index in [-0.39, 0.29) is 0 Å². The summed E-state index contributed by atoms with van der Waals surface area (Å²) in [5, 5.41) is 0. The minimum atomic E-state index is 0.317. The Morgan fingerprint density at radius 3 is 2.56 bits per heavy atom. The van der Waals surface area contributed by atoms with Gasteiger partial charge in [0.05, 0.1) is 5.88 Å². The Hall–Kier alpha value is -0.760. The van der Waals surface area contributed by atoms with Crippen molar-refractivity contribution in [2.45, 2.75) is 58.4 Å². The van der Waals surface area contributed by atoms with E-state index in [1.165, 1.54) is 18.4 Å². The summed E-state index contributed by atoms with van der Waals surface area (Å²) in [6.45, 7) is 6.39. The summed E-state index contributed by atoms with van der Waals surface area (Å²) in [4.78, 5) is 4.51. The Balaban J connectivity index is 2.13. The van der Waals surface area contributed by atoms with Crippen molar-refractivity contribution >= 4 is 11.6 Å². The predicted molar refractivity (Wildman–Crippen MR) is 75.3 cm³/mol. The zero-order chi connectivity index (χ0) is 13.1. The molecule has 0 atom stereocenters. The van der Waals surface area contributed by atoms with E-state index in [0.29, 0.717) is 12.0 Å². The molecule has 2 rings (SSSR count). The van der Waals surface area contributed by atoms with Crippen molar-refractivity contribution in [2.24, 2.45) is 5.92 Å². The number of hydrogen-bond donors (Lipinski definition) is 0. The molecule has 1 heterocycles. The van der Waals surface area contributed by atoms with Gasteiger partial charge in [-0.1, -0.05) is 6.92 Å². The minimum Gasteiger partial charge on any atom is -0.474 e. The summed E-state index contributed by atoms with van der Waals surface area (Å²) in [7, 11) is 0. The van der Waals surface area contributed by atoms with Gasteiger partial charge < -0.3 is 4.74 Å². The Bertz CT molecular complexity index is 411. The number of nitrogens with zero attached hydrogens (tertiary/aromatic N) is 1. The van der Waals surface area contributed by atoms with Gasteiger partial charge in [-0.05, 0) is 57.1 Å². The highest BCUT2D eigenvalue weighted by molar-refractivity contribution is 6.17. The standard InChI is InChI=1S/C15H22ClNO/c1-10-4-6-13(7-5-10)18-15-14(9-16)11(2)8-12(3)17-15/h8,10,13H,4-7,9H2,1-3H3. The molecule has 2 nitrogen and oxygen atoms in total. The SMILES string of the molecule is Cc1cc(C)c(CCl)c(OC2CCC(C)CC2)n1. The van der Waals surface area contributed by atoms with E-state index >= 15 is 0 Å². The lowest BCUT2D eigenvalue weighted by Crippen LogP contribution is -2.24. The van der Waals surface area contributed by atoms with Crippen molar-refractivity contribution in [2.75, 3.05) is 0 Å². The third-order valence-electron chi connectivity index (χ3n) is 3.81. The number of aromatic nitrogens is 1. The zero-order valence-electron chi connectivity index (χ0n) is 11.5. The molecular formula is C15H22ClNO. The summed E-state index contributed by atoms with van der Waals surface area (Å²) in [5.41, 5.74) is 3.22. The van der Waals surface area contributed by atoms with E-state index in [1.807, 2.05) is 6.92 Å².